The third-order valence-electron chi connectivity index (χ3n) is 3.76. The molecule has 6 nitrogen and oxygen atoms in total. The van der Waals surface area contributed by atoms with Crippen LogP contribution in [0.4, 0.5) is 0 Å². The first-order valence-electron chi connectivity index (χ1n) is 7.96. The number of hydrogen-bond donors (Lipinski definition) is 1. The van der Waals surface area contributed by atoms with Gasteiger partial charge in [-0.25, -0.2) is 4.68 Å². The second-order valence-corrected chi connectivity index (χ2v) is 5.39. The number of nitrogens with one attached hydrogen (secondary N) is 1. The molecule has 1 aromatic heterocycles. The van der Waals surface area contributed by atoms with Crippen LogP contribution in [0.15, 0.2) is 54.6 Å². The van der Waals surface area contributed by atoms with E-state index in [0.717, 1.165) is 12.0 Å². The monoisotopic (exact) mass is 321 g/mol. The minimum absolute atomic E-state index is 0.0942. The quantitative estimate of drug-likeness (QED) is 0.756. The highest BCUT2D eigenvalue weighted by Crippen LogP contribution is 2.17. The third-order valence-corrected chi connectivity index (χ3v) is 3.76. The van der Waals surface area contributed by atoms with E-state index in [0.29, 0.717) is 24.5 Å². The fourth-order valence-electron chi connectivity index (χ4n) is 2.49. The molecule has 0 fully saturated rings. The van der Waals surface area contributed by atoms with E-state index in [-0.39, 0.29) is 5.91 Å². The van der Waals surface area contributed by atoms with Crippen LogP contribution in [0.25, 0.3) is 11.4 Å². The van der Waals surface area contributed by atoms with Gasteiger partial charge in [-0.2, -0.15) is 0 Å². The number of aryl methyl sites for hydroxylation is 1. The van der Waals surface area contributed by atoms with Crippen molar-refractivity contribution in [3.63, 3.8) is 0 Å². The maximum Gasteiger partial charge on any atom is 0.251 e. The van der Waals surface area contributed by atoms with Gasteiger partial charge in [0.05, 0.1) is 0 Å². The van der Waals surface area contributed by atoms with Crippen LogP contribution in [0, 0.1) is 0 Å². The SMILES string of the molecule is CCn1nnnc1-c1cccc(C(=O)NCCc2ccccc2)c1. The second kappa shape index (κ2) is 7.50. The summed E-state index contributed by atoms with van der Waals surface area (Å²) in [6.45, 7) is 3.25. The molecule has 1 N–H and O–H groups in total. The molecule has 3 aromatic rings. The Morgan fingerprint density at radius 3 is 2.75 bits per heavy atom. The lowest BCUT2D eigenvalue weighted by Crippen LogP contribution is -2.25. The minimum Gasteiger partial charge on any atom is -0.352 e. The molecule has 0 saturated carbocycles. The summed E-state index contributed by atoms with van der Waals surface area (Å²) >= 11 is 0. The van der Waals surface area contributed by atoms with Crippen molar-refractivity contribution in [2.45, 2.75) is 19.9 Å². The van der Waals surface area contributed by atoms with Crippen LogP contribution < -0.4 is 5.32 Å². The van der Waals surface area contributed by atoms with Crippen LogP contribution in [0.2, 0.25) is 0 Å². The number of tetrazole rings is 1. The highest BCUT2D eigenvalue weighted by molar-refractivity contribution is 5.95. The Hall–Kier alpha value is -3.02. The van der Waals surface area contributed by atoms with Crippen LogP contribution in [0.3, 0.4) is 0 Å². The lowest BCUT2D eigenvalue weighted by Gasteiger charge is -2.07. The van der Waals surface area contributed by atoms with E-state index in [4.69, 9.17) is 0 Å². The van der Waals surface area contributed by atoms with E-state index in [1.54, 1.807) is 10.7 Å². The Labute approximate surface area is 140 Å². The smallest absolute Gasteiger partial charge is 0.251 e. The standard InChI is InChI=1S/C18H19N5O/c1-2-23-17(20-21-22-23)15-9-6-10-16(13-15)18(24)19-12-11-14-7-4-3-5-8-14/h3-10,13H,2,11-12H2,1H3,(H,19,24). The first-order chi connectivity index (χ1) is 11.8. The molecule has 0 spiro atoms. The number of benzene rings is 2. The molecule has 1 amide bonds. The van der Waals surface area contributed by atoms with Crippen molar-refractivity contribution in [3.8, 4) is 11.4 Å². The molecule has 0 saturated heterocycles. The molecule has 2 aromatic carbocycles. The zero-order valence-electron chi connectivity index (χ0n) is 13.5. The fourth-order valence-corrected chi connectivity index (χ4v) is 2.49. The van der Waals surface area contributed by atoms with Crippen LogP contribution in [-0.4, -0.2) is 32.7 Å². The minimum atomic E-state index is -0.0942. The first kappa shape index (κ1) is 15.9. The van der Waals surface area contributed by atoms with Crippen LogP contribution in [-0.2, 0) is 13.0 Å². The van der Waals surface area contributed by atoms with E-state index >= 15 is 0 Å². The Bertz CT molecular complexity index is 813. The highest BCUT2D eigenvalue weighted by Gasteiger charge is 2.11. The van der Waals surface area contributed by atoms with Crippen LogP contribution in [0.5, 0.6) is 0 Å². The molecule has 0 radical (unpaired) electrons. The lowest BCUT2D eigenvalue weighted by molar-refractivity contribution is 0.0954. The maximum atomic E-state index is 12.3. The van der Waals surface area contributed by atoms with Gasteiger partial charge in [0.1, 0.15) is 0 Å². The molecule has 3 rings (SSSR count). The van der Waals surface area contributed by atoms with Gasteiger partial charge in [-0.3, -0.25) is 4.79 Å². The number of carbonyl (C=O) groups is 1. The number of aromatic nitrogens is 4. The number of hydrogen-bond acceptors (Lipinski definition) is 4. The lowest BCUT2D eigenvalue weighted by atomic mass is 10.1. The third kappa shape index (κ3) is 3.65. The van der Waals surface area contributed by atoms with E-state index in [1.165, 1.54) is 5.56 Å². The molecule has 6 heteroatoms. The molecule has 0 aliphatic carbocycles. The summed E-state index contributed by atoms with van der Waals surface area (Å²) in [6, 6.07) is 17.4. The zero-order valence-corrected chi connectivity index (χ0v) is 13.5. The first-order valence-corrected chi connectivity index (χ1v) is 7.96. The van der Waals surface area contributed by atoms with Crippen molar-refractivity contribution in [1.29, 1.82) is 0 Å². The van der Waals surface area contributed by atoms with Gasteiger partial charge >= 0.3 is 0 Å². The molecule has 1 heterocycles. The largest absolute Gasteiger partial charge is 0.352 e. The predicted molar refractivity (Wildman–Crippen MR) is 91.4 cm³/mol. The van der Waals surface area contributed by atoms with Gasteiger partial charge in [0.15, 0.2) is 5.82 Å². The molecular formula is C18H19N5O. The summed E-state index contributed by atoms with van der Waals surface area (Å²) in [5.41, 5.74) is 2.64. The van der Waals surface area contributed by atoms with Crippen molar-refractivity contribution < 1.29 is 4.79 Å². The van der Waals surface area contributed by atoms with Gasteiger partial charge in [0.25, 0.3) is 5.91 Å². The summed E-state index contributed by atoms with van der Waals surface area (Å²) in [4.78, 5) is 12.3. The maximum absolute atomic E-state index is 12.3. The summed E-state index contributed by atoms with van der Waals surface area (Å²) in [5.74, 6) is 0.569. The van der Waals surface area contributed by atoms with Crippen molar-refractivity contribution in [2.24, 2.45) is 0 Å². The Morgan fingerprint density at radius 2 is 1.96 bits per heavy atom. The highest BCUT2D eigenvalue weighted by atomic mass is 16.1. The van der Waals surface area contributed by atoms with Gasteiger partial charge in [0.2, 0.25) is 0 Å². The molecule has 0 aliphatic rings. The second-order valence-electron chi connectivity index (χ2n) is 5.39. The Balaban J connectivity index is 1.66. The normalized spacial score (nSPS) is 10.5. The number of amides is 1. The van der Waals surface area contributed by atoms with E-state index in [2.05, 4.69) is 33.0 Å². The van der Waals surface area contributed by atoms with Crippen molar-refractivity contribution in [1.82, 2.24) is 25.5 Å². The fraction of sp³-hybridized carbons (Fsp3) is 0.222. The average Bonchev–Trinajstić information content (AvgIpc) is 3.11. The van der Waals surface area contributed by atoms with Crippen molar-refractivity contribution in [2.75, 3.05) is 6.54 Å². The molecule has 0 unspecified atom stereocenters. The molecule has 122 valence electrons. The van der Waals surface area contributed by atoms with Gasteiger partial charge in [-0.05, 0) is 41.5 Å². The van der Waals surface area contributed by atoms with Crippen molar-refractivity contribution >= 4 is 5.91 Å². The Kier molecular flexibility index (Phi) is 4.96. The van der Waals surface area contributed by atoms with E-state index < -0.39 is 0 Å². The van der Waals surface area contributed by atoms with E-state index in [1.807, 2.05) is 43.3 Å². The van der Waals surface area contributed by atoms with Gasteiger partial charge in [0, 0.05) is 24.2 Å². The van der Waals surface area contributed by atoms with Crippen LogP contribution >= 0.6 is 0 Å². The Morgan fingerprint density at radius 1 is 1.12 bits per heavy atom. The molecule has 0 bridgehead atoms. The molecule has 24 heavy (non-hydrogen) atoms. The van der Waals surface area contributed by atoms with Crippen molar-refractivity contribution in [3.05, 3.63) is 65.7 Å². The average molecular weight is 321 g/mol. The number of carbonyl (C=O) groups excluding carboxylic acids is 1. The van der Waals surface area contributed by atoms with Gasteiger partial charge in [-0.15, -0.1) is 5.10 Å². The summed E-state index contributed by atoms with van der Waals surface area (Å²) in [6.07, 6.45) is 0.806. The number of rotatable bonds is 6. The molecule has 0 atom stereocenters. The van der Waals surface area contributed by atoms with Gasteiger partial charge in [-0.1, -0.05) is 42.5 Å². The summed E-state index contributed by atoms with van der Waals surface area (Å²) in [5, 5.41) is 14.6. The number of nitrogens with zero attached hydrogens (tertiary/aromatic N) is 4. The van der Waals surface area contributed by atoms with Gasteiger partial charge < -0.3 is 5.32 Å². The topological polar surface area (TPSA) is 72.7 Å². The molecular weight excluding hydrogens is 302 g/mol. The molecule has 0 aliphatic heterocycles. The van der Waals surface area contributed by atoms with Crippen LogP contribution in [0.1, 0.15) is 22.8 Å². The predicted octanol–water partition coefficient (Wildman–Crippen LogP) is 2.33. The van der Waals surface area contributed by atoms with E-state index in [9.17, 15) is 4.79 Å². The summed E-state index contributed by atoms with van der Waals surface area (Å²) in [7, 11) is 0. The zero-order chi connectivity index (χ0) is 16.8. The summed E-state index contributed by atoms with van der Waals surface area (Å²) < 4.78 is 1.70.